The fraction of sp³-hybridized carbons (Fsp3) is 0.0909. The maximum Gasteiger partial charge on any atom is 0.261 e. The van der Waals surface area contributed by atoms with Gasteiger partial charge in [0.15, 0.2) is 5.78 Å². The van der Waals surface area contributed by atoms with Crippen LogP contribution in [-0.4, -0.2) is 41.1 Å². The van der Waals surface area contributed by atoms with E-state index >= 15 is 0 Å². The van der Waals surface area contributed by atoms with E-state index in [0.29, 0.717) is 0 Å². The minimum Gasteiger partial charge on any atom is -0.342 e. The lowest BCUT2D eigenvalue weighted by atomic mass is 10.0. The maximum atomic E-state index is 13.2. The Hall–Kier alpha value is -4.84. The number of carbonyl (C=O) groups is 2. The van der Waals surface area contributed by atoms with E-state index in [9.17, 15) is 26.4 Å². The summed E-state index contributed by atoms with van der Waals surface area (Å²) in [4.78, 5) is 26.5. The Morgan fingerprint density at radius 2 is 1.23 bits per heavy atom. The first kappa shape index (κ1) is 30.6. The Balaban J connectivity index is 1.28. The van der Waals surface area contributed by atoms with E-state index in [1.165, 1.54) is 42.5 Å². The zero-order chi connectivity index (χ0) is 31.2. The molecular weight excluding hydrogens is 599 g/mol. The van der Waals surface area contributed by atoms with Gasteiger partial charge in [0.2, 0.25) is 10.0 Å². The first-order valence-electron chi connectivity index (χ1n) is 13.6. The number of anilines is 1. The van der Waals surface area contributed by atoms with E-state index in [1.807, 2.05) is 30.3 Å². The molecule has 0 fully saturated rings. The van der Waals surface area contributed by atoms with Gasteiger partial charge in [-0.25, -0.2) is 21.6 Å². The molecule has 3 N–H and O–H groups in total. The molecule has 5 rings (SSSR count). The molecule has 5 aromatic carbocycles. The molecule has 1 amide bonds. The lowest BCUT2D eigenvalue weighted by Crippen LogP contribution is -2.46. The number of hydrogen-bond acceptors (Lipinski definition) is 6. The molecule has 9 nitrogen and oxygen atoms in total. The number of ketones is 1. The molecule has 44 heavy (non-hydrogen) atoms. The quantitative estimate of drug-likeness (QED) is 0.186. The molecule has 0 aliphatic rings. The van der Waals surface area contributed by atoms with Gasteiger partial charge in [0.1, 0.15) is 0 Å². The summed E-state index contributed by atoms with van der Waals surface area (Å²) in [5.41, 5.74) is 1.21. The molecule has 0 spiro atoms. The third-order valence-corrected chi connectivity index (χ3v) is 9.69. The highest BCUT2D eigenvalue weighted by molar-refractivity contribution is 7.92. The van der Waals surface area contributed by atoms with Crippen LogP contribution in [0.3, 0.4) is 0 Å². The van der Waals surface area contributed by atoms with Crippen molar-refractivity contribution in [2.24, 2.45) is 0 Å². The number of sulfonamides is 2. The van der Waals surface area contributed by atoms with Crippen LogP contribution in [0.25, 0.3) is 10.8 Å². The number of fused-ring (bicyclic) bond motifs is 1. The third kappa shape index (κ3) is 7.56. The summed E-state index contributed by atoms with van der Waals surface area (Å²) in [6, 6.07) is 33.7. The summed E-state index contributed by atoms with van der Waals surface area (Å²) in [5, 5.41) is 4.41. The summed E-state index contributed by atoms with van der Waals surface area (Å²) in [6.45, 7) is -0.523. The molecule has 1 atom stereocenters. The smallest absolute Gasteiger partial charge is 0.261 e. The number of benzene rings is 5. The third-order valence-electron chi connectivity index (χ3n) is 6.90. The highest BCUT2D eigenvalue weighted by atomic mass is 32.2. The second-order valence-corrected chi connectivity index (χ2v) is 13.5. The average Bonchev–Trinajstić information content (AvgIpc) is 3.04. The molecule has 0 saturated heterocycles. The van der Waals surface area contributed by atoms with Crippen molar-refractivity contribution in [3.63, 3.8) is 0 Å². The molecule has 0 bridgehead atoms. The monoisotopic (exact) mass is 627 g/mol. The summed E-state index contributed by atoms with van der Waals surface area (Å²) >= 11 is 0. The summed E-state index contributed by atoms with van der Waals surface area (Å²) < 4.78 is 56.1. The van der Waals surface area contributed by atoms with Gasteiger partial charge in [-0.3, -0.25) is 14.3 Å². The van der Waals surface area contributed by atoms with E-state index in [4.69, 9.17) is 0 Å². The molecule has 0 saturated carbocycles. The van der Waals surface area contributed by atoms with Crippen LogP contribution in [0.5, 0.6) is 0 Å². The van der Waals surface area contributed by atoms with Gasteiger partial charge in [0, 0.05) is 11.3 Å². The van der Waals surface area contributed by atoms with Gasteiger partial charge in [0.05, 0.1) is 22.4 Å². The van der Waals surface area contributed by atoms with Crippen LogP contribution < -0.4 is 14.8 Å². The lowest BCUT2D eigenvalue weighted by molar-refractivity contribution is -0.119. The van der Waals surface area contributed by atoms with Gasteiger partial charge >= 0.3 is 0 Å². The molecule has 0 aromatic heterocycles. The Labute approximate surface area is 256 Å². The van der Waals surface area contributed by atoms with Gasteiger partial charge in [-0.15, -0.1) is 0 Å². The van der Waals surface area contributed by atoms with Crippen molar-refractivity contribution in [1.29, 1.82) is 0 Å². The second kappa shape index (κ2) is 13.2. The van der Waals surface area contributed by atoms with Gasteiger partial charge in [-0.05, 0) is 71.3 Å². The summed E-state index contributed by atoms with van der Waals surface area (Å²) in [5.74, 6) is -1.10. The highest BCUT2D eigenvalue weighted by Crippen LogP contribution is 2.22. The standard InChI is InChI=1S/C33H29N3O6S2/c37-32(23-34-43(39,40)29-13-5-2-6-14-29)31(21-24-9-3-1-4-10-24)35-33(38)26-15-18-28(19-16-26)36-44(41,42)30-20-17-25-11-7-8-12-27(25)22-30/h1-20,22,31,34,36H,21,23H2,(H,35,38)/t31-/m0/s1. The number of amides is 1. The van der Waals surface area contributed by atoms with Gasteiger partial charge < -0.3 is 5.32 Å². The zero-order valence-corrected chi connectivity index (χ0v) is 25.0. The van der Waals surface area contributed by atoms with Crippen molar-refractivity contribution in [2.45, 2.75) is 22.3 Å². The molecule has 0 unspecified atom stereocenters. The van der Waals surface area contributed by atoms with E-state index < -0.39 is 44.3 Å². The average molecular weight is 628 g/mol. The van der Waals surface area contributed by atoms with Crippen molar-refractivity contribution in [2.75, 3.05) is 11.3 Å². The zero-order valence-electron chi connectivity index (χ0n) is 23.4. The van der Waals surface area contributed by atoms with Gasteiger partial charge in [-0.2, -0.15) is 0 Å². The number of hydrogen-bond donors (Lipinski definition) is 3. The fourth-order valence-corrected chi connectivity index (χ4v) is 6.66. The Bertz CT molecular complexity index is 2000. The van der Waals surface area contributed by atoms with Crippen molar-refractivity contribution in [1.82, 2.24) is 10.0 Å². The van der Waals surface area contributed by atoms with Crippen LogP contribution in [0.15, 0.2) is 137 Å². The Morgan fingerprint density at radius 3 is 1.91 bits per heavy atom. The van der Waals surface area contributed by atoms with Gasteiger partial charge in [-0.1, -0.05) is 78.9 Å². The van der Waals surface area contributed by atoms with Crippen molar-refractivity contribution in [3.8, 4) is 0 Å². The predicted octanol–water partition coefficient (Wildman–Crippen LogP) is 4.53. The molecule has 0 aliphatic carbocycles. The van der Waals surface area contributed by atoms with Crippen LogP contribution in [0.1, 0.15) is 15.9 Å². The number of nitrogens with one attached hydrogen (secondary N) is 3. The Morgan fingerprint density at radius 1 is 0.614 bits per heavy atom. The molecular formula is C33H29N3O6S2. The number of Topliss-reactive ketones (excluding diaryl/α,β-unsaturated/α-hetero) is 1. The Kier molecular flexibility index (Phi) is 9.19. The van der Waals surface area contributed by atoms with E-state index in [0.717, 1.165) is 16.3 Å². The predicted molar refractivity (Wildman–Crippen MR) is 169 cm³/mol. The van der Waals surface area contributed by atoms with Crippen LogP contribution in [0.4, 0.5) is 5.69 Å². The molecule has 0 radical (unpaired) electrons. The summed E-state index contributed by atoms with van der Waals surface area (Å²) in [7, 11) is -7.83. The summed E-state index contributed by atoms with van der Waals surface area (Å²) in [6.07, 6.45) is 0.141. The molecule has 0 aliphatic heterocycles. The van der Waals surface area contributed by atoms with E-state index in [2.05, 4.69) is 14.8 Å². The minimum atomic E-state index is -3.93. The molecule has 224 valence electrons. The first-order valence-corrected chi connectivity index (χ1v) is 16.6. The first-order chi connectivity index (χ1) is 21.1. The minimum absolute atomic E-state index is 0.0211. The molecule has 0 heterocycles. The van der Waals surface area contributed by atoms with Crippen LogP contribution in [0.2, 0.25) is 0 Å². The normalized spacial score (nSPS) is 12.4. The lowest BCUT2D eigenvalue weighted by Gasteiger charge is -2.19. The van der Waals surface area contributed by atoms with Crippen LogP contribution >= 0.6 is 0 Å². The SMILES string of the molecule is O=C(N[C@@H](Cc1ccccc1)C(=O)CNS(=O)(=O)c1ccccc1)c1ccc(NS(=O)(=O)c2ccc3ccccc3c2)cc1. The van der Waals surface area contributed by atoms with Crippen molar-refractivity contribution in [3.05, 3.63) is 139 Å². The van der Waals surface area contributed by atoms with Gasteiger partial charge in [0.25, 0.3) is 15.9 Å². The topological polar surface area (TPSA) is 139 Å². The molecule has 5 aromatic rings. The van der Waals surface area contributed by atoms with Crippen LogP contribution in [-0.2, 0) is 31.3 Å². The van der Waals surface area contributed by atoms with E-state index in [-0.39, 0.29) is 27.5 Å². The molecule has 11 heteroatoms. The fourth-order valence-electron chi connectivity index (χ4n) is 4.55. The van der Waals surface area contributed by atoms with E-state index in [1.54, 1.807) is 54.6 Å². The second-order valence-electron chi connectivity index (χ2n) is 10.0. The van der Waals surface area contributed by atoms with Crippen molar-refractivity contribution < 1.29 is 26.4 Å². The largest absolute Gasteiger partial charge is 0.342 e. The van der Waals surface area contributed by atoms with Crippen LogP contribution in [0, 0.1) is 0 Å². The highest BCUT2D eigenvalue weighted by Gasteiger charge is 2.24. The van der Waals surface area contributed by atoms with Crippen molar-refractivity contribution >= 4 is 48.2 Å². The number of carbonyl (C=O) groups excluding carboxylic acids is 2. The number of rotatable bonds is 12. The maximum absolute atomic E-state index is 13.2.